The fraction of sp³-hybridized carbons (Fsp3) is 0.344. The Morgan fingerprint density at radius 2 is 1.24 bits per heavy atom. The van der Waals surface area contributed by atoms with Crippen LogP contribution in [0, 0.1) is 0 Å². The Morgan fingerprint density at radius 1 is 0.737 bits per heavy atom. The van der Waals surface area contributed by atoms with Crippen molar-refractivity contribution in [3.8, 4) is 0 Å². The highest BCUT2D eigenvalue weighted by Crippen LogP contribution is 2.32. The quantitative estimate of drug-likeness (QED) is 0.216. The zero-order chi connectivity index (χ0) is 26.6. The van der Waals surface area contributed by atoms with Crippen LogP contribution in [0.15, 0.2) is 104 Å². The zero-order valence-corrected chi connectivity index (χ0v) is 21.8. The van der Waals surface area contributed by atoms with Gasteiger partial charge >= 0.3 is 5.97 Å². The monoisotopic (exact) mass is 516 g/mol. The van der Waals surface area contributed by atoms with Gasteiger partial charge in [0.25, 0.3) is 0 Å². The van der Waals surface area contributed by atoms with Crippen LogP contribution in [0.5, 0.6) is 0 Å². The number of hydrogen-bond donors (Lipinski definition) is 0. The van der Waals surface area contributed by atoms with E-state index in [0.717, 1.165) is 16.7 Å². The SMILES string of the molecule is C=CC[C@H]1O[C@H](COCc2ccccc2)[C@@H](OCc2ccccc2)[C@H](OCc2ccccc2)[C@H]1OC(C)=O. The lowest BCUT2D eigenvalue weighted by Gasteiger charge is -2.45. The van der Waals surface area contributed by atoms with Crippen molar-refractivity contribution in [2.75, 3.05) is 6.61 Å². The highest BCUT2D eigenvalue weighted by Gasteiger charge is 2.49. The maximum Gasteiger partial charge on any atom is 0.303 e. The molecule has 0 unspecified atom stereocenters. The normalized spacial score (nSPS) is 23.0. The van der Waals surface area contributed by atoms with Crippen molar-refractivity contribution in [3.63, 3.8) is 0 Å². The molecule has 1 heterocycles. The molecule has 1 aliphatic rings. The molecule has 1 fully saturated rings. The van der Waals surface area contributed by atoms with Crippen molar-refractivity contribution in [3.05, 3.63) is 120 Å². The van der Waals surface area contributed by atoms with Gasteiger partial charge in [0.1, 0.15) is 24.4 Å². The summed E-state index contributed by atoms with van der Waals surface area (Å²) in [4.78, 5) is 12.2. The summed E-state index contributed by atoms with van der Waals surface area (Å²) in [5.74, 6) is -0.401. The summed E-state index contributed by atoms with van der Waals surface area (Å²) in [5.41, 5.74) is 3.11. The minimum Gasteiger partial charge on any atom is -0.457 e. The molecular formula is C32H36O6. The van der Waals surface area contributed by atoms with E-state index < -0.39 is 36.5 Å². The van der Waals surface area contributed by atoms with Gasteiger partial charge in [-0.15, -0.1) is 6.58 Å². The molecule has 6 heteroatoms. The first-order chi connectivity index (χ1) is 18.6. The molecule has 0 N–H and O–H groups in total. The van der Waals surface area contributed by atoms with Crippen LogP contribution in [-0.4, -0.2) is 43.1 Å². The van der Waals surface area contributed by atoms with Crippen molar-refractivity contribution in [2.45, 2.75) is 63.7 Å². The molecule has 200 valence electrons. The number of esters is 1. The van der Waals surface area contributed by atoms with Crippen molar-refractivity contribution in [1.29, 1.82) is 0 Å². The van der Waals surface area contributed by atoms with Gasteiger partial charge in [-0.3, -0.25) is 4.79 Å². The number of carbonyl (C=O) groups is 1. The highest BCUT2D eigenvalue weighted by atomic mass is 16.6. The Kier molecular flexibility index (Phi) is 10.7. The van der Waals surface area contributed by atoms with E-state index in [2.05, 4.69) is 6.58 Å². The van der Waals surface area contributed by atoms with Crippen LogP contribution < -0.4 is 0 Å². The summed E-state index contributed by atoms with van der Waals surface area (Å²) in [7, 11) is 0. The van der Waals surface area contributed by atoms with Gasteiger partial charge in [-0.2, -0.15) is 0 Å². The average Bonchev–Trinajstić information content (AvgIpc) is 2.94. The van der Waals surface area contributed by atoms with Crippen LogP contribution in [0.4, 0.5) is 0 Å². The molecule has 38 heavy (non-hydrogen) atoms. The Hall–Kier alpha value is -3.29. The second-order valence-electron chi connectivity index (χ2n) is 9.33. The van der Waals surface area contributed by atoms with Crippen LogP contribution in [0.25, 0.3) is 0 Å². The van der Waals surface area contributed by atoms with Crippen LogP contribution in [0.2, 0.25) is 0 Å². The van der Waals surface area contributed by atoms with Gasteiger partial charge in [-0.05, 0) is 23.1 Å². The first-order valence-corrected chi connectivity index (χ1v) is 13.0. The smallest absolute Gasteiger partial charge is 0.303 e. The Morgan fingerprint density at radius 3 is 1.74 bits per heavy atom. The molecule has 1 saturated heterocycles. The van der Waals surface area contributed by atoms with Gasteiger partial charge in [0, 0.05) is 6.92 Å². The number of benzene rings is 3. The second-order valence-corrected chi connectivity index (χ2v) is 9.33. The van der Waals surface area contributed by atoms with E-state index in [1.54, 1.807) is 6.08 Å². The fourth-order valence-corrected chi connectivity index (χ4v) is 4.60. The molecule has 0 aliphatic carbocycles. The van der Waals surface area contributed by atoms with Gasteiger partial charge in [-0.25, -0.2) is 0 Å². The van der Waals surface area contributed by atoms with E-state index in [9.17, 15) is 4.79 Å². The predicted octanol–water partition coefficient (Wildman–Crippen LogP) is 5.65. The summed E-state index contributed by atoms with van der Waals surface area (Å²) in [6, 6.07) is 29.8. The van der Waals surface area contributed by atoms with E-state index in [1.165, 1.54) is 6.92 Å². The van der Waals surface area contributed by atoms with E-state index in [-0.39, 0.29) is 0 Å². The van der Waals surface area contributed by atoms with Crippen molar-refractivity contribution < 1.29 is 28.5 Å². The lowest BCUT2D eigenvalue weighted by molar-refractivity contribution is -0.265. The van der Waals surface area contributed by atoms with Crippen LogP contribution in [0.3, 0.4) is 0 Å². The first kappa shape index (κ1) is 27.7. The van der Waals surface area contributed by atoms with Gasteiger partial charge in [0.05, 0.1) is 26.4 Å². The summed E-state index contributed by atoms with van der Waals surface area (Å²) in [6.07, 6.45) is -0.419. The van der Waals surface area contributed by atoms with Crippen LogP contribution in [0.1, 0.15) is 30.0 Å². The number of hydrogen-bond acceptors (Lipinski definition) is 6. The van der Waals surface area contributed by atoms with Crippen molar-refractivity contribution >= 4 is 5.97 Å². The largest absolute Gasteiger partial charge is 0.457 e. The average molecular weight is 517 g/mol. The maximum atomic E-state index is 12.2. The lowest BCUT2D eigenvalue weighted by Crippen LogP contribution is -2.61. The summed E-state index contributed by atoms with van der Waals surface area (Å²) >= 11 is 0. The third kappa shape index (κ3) is 8.10. The third-order valence-electron chi connectivity index (χ3n) is 6.40. The molecule has 3 aromatic carbocycles. The molecule has 5 atom stereocenters. The van der Waals surface area contributed by atoms with Crippen molar-refractivity contribution in [1.82, 2.24) is 0 Å². The lowest BCUT2D eigenvalue weighted by atomic mass is 9.92. The minimum atomic E-state index is -0.666. The number of rotatable bonds is 13. The molecule has 1 aliphatic heterocycles. The van der Waals surface area contributed by atoms with E-state index >= 15 is 0 Å². The Bertz CT molecular complexity index is 1100. The molecule has 0 spiro atoms. The molecular weight excluding hydrogens is 480 g/mol. The molecule has 0 aromatic heterocycles. The molecule has 0 saturated carbocycles. The summed E-state index contributed by atoms with van der Waals surface area (Å²) in [5, 5.41) is 0. The predicted molar refractivity (Wildman–Crippen MR) is 145 cm³/mol. The van der Waals surface area contributed by atoms with Gasteiger partial charge in [0.15, 0.2) is 6.10 Å². The number of carbonyl (C=O) groups excluding carboxylic acids is 1. The molecule has 0 amide bonds. The third-order valence-corrected chi connectivity index (χ3v) is 6.40. The summed E-state index contributed by atoms with van der Waals surface area (Å²) in [6.45, 7) is 6.71. The molecule has 6 nitrogen and oxygen atoms in total. The van der Waals surface area contributed by atoms with Crippen LogP contribution >= 0.6 is 0 Å². The second kappa shape index (κ2) is 14.6. The van der Waals surface area contributed by atoms with E-state index in [4.69, 9.17) is 23.7 Å². The maximum absolute atomic E-state index is 12.2. The molecule has 0 radical (unpaired) electrons. The minimum absolute atomic E-state index is 0.292. The van der Waals surface area contributed by atoms with E-state index in [1.807, 2.05) is 91.0 Å². The highest BCUT2D eigenvalue weighted by molar-refractivity contribution is 5.66. The Labute approximate surface area is 225 Å². The van der Waals surface area contributed by atoms with Gasteiger partial charge in [-0.1, -0.05) is 97.1 Å². The molecule has 0 bridgehead atoms. The number of ether oxygens (including phenoxy) is 5. The van der Waals surface area contributed by atoms with E-state index in [0.29, 0.717) is 32.8 Å². The standard InChI is InChI=1S/C32H36O6/c1-3-13-28-31(37-24(2)33)32(36-22-27-18-11-6-12-19-27)30(35-21-26-16-9-5-10-17-26)29(38-28)23-34-20-25-14-7-4-8-15-25/h3-12,14-19,28-32H,1,13,20-23H2,2H3/t28-,29-,30-,31+,32+/m1/s1. The van der Waals surface area contributed by atoms with Crippen LogP contribution in [-0.2, 0) is 48.3 Å². The zero-order valence-electron chi connectivity index (χ0n) is 21.8. The van der Waals surface area contributed by atoms with Gasteiger partial charge < -0.3 is 23.7 Å². The van der Waals surface area contributed by atoms with Gasteiger partial charge in [0.2, 0.25) is 0 Å². The Balaban J connectivity index is 1.58. The fourth-order valence-electron chi connectivity index (χ4n) is 4.60. The topological polar surface area (TPSA) is 63.2 Å². The molecule has 3 aromatic rings. The van der Waals surface area contributed by atoms with Crippen molar-refractivity contribution in [2.24, 2.45) is 0 Å². The molecule has 4 rings (SSSR count). The first-order valence-electron chi connectivity index (χ1n) is 13.0. The summed E-state index contributed by atoms with van der Waals surface area (Å²) < 4.78 is 31.3.